The summed E-state index contributed by atoms with van der Waals surface area (Å²) in [7, 11) is -3.79. The van der Waals surface area contributed by atoms with Crippen molar-refractivity contribution >= 4 is 43.4 Å². The molecule has 0 saturated heterocycles. The predicted octanol–water partition coefficient (Wildman–Crippen LogP) is 3.18. The summed E-state index contributed by atoms with van der Waals surface area (Å²) in [6.07, 6.45) is 5.51. The van der Waals surface area contributed by atoms with Crippen LogP contribution in [-0.2, 0) is 10.0 Å². The third-order valence-corrected chi connectivity index (χ3v) is 6.74. The molecular weight excluding hydrogens is 458 g/mol. The van der Waals surface area contributed by atoms with Crippen molar-refractivity contribution in [1.82, 2.24) is 9.97 Å². The third kappa shape index (κ3) is 4.71. The number of benzene rings is 1. The Kier molecular flexibility index (Phi) is 5.54. The Bertz CT molecular complexity index is 1010. The van der Waals surface area contributed by atoms with Crippen molar-refractivity contribution in [3.63, 3.8) is 0 Å². The molecule has 0 spiro atoms. The maximum atomic E-state index is 12.3. The predicted molar refractivity (Wildman–Crippen MR) is 115 cm³/mol. The van der Waals surface area contributed by atoms with E-state index >= 15 is 0 Å². The normalized spacial score (nSPS) is 17.8. The molecule has 0 amide bonds. The average molecular weight is 482 g/mol. The number of nitrogens with one attached hydrogen (secondary N) is 2. The van der Waals surface area contributed by atoms with Crippen LogP contribution in [0.25, 0.3) is 0 Å². The zero-order valence-corrected chi connectivity index (χ0v) is 18.4. The number of anilines is 3. The molecule has 29 heavy (non-hydrogen) atoms. The molecule has 1 atom stereocenters. The number of aliphatic hydroxyl groups is 1. The summed E-state index contributed by atoms with van der Waals surface area (Å²) < 4.78 is 25.3. The summed E-state index contributed by atoms with van der Waals surface area (Å²) in [5, 5.41) is 21.2. The van der Waals surface area contributed by atoms with Crippen molar-refractivity contribution in [2.24, 2.45) is 5.14 Å². The Morgan fingerprint density at radius 2 is 1.83 bits per heavy atom. The fourth-order valence-corrected chi connectivity index (χ4v) is 4.82. The van der Waals surface area contributed by atoms with E-state index in [-0.39, 0.29) is 24.5 Å². The van der Waals surface area contributed by atoms with Gasteiger partial charge < -0.3 is 15.7 Å². The highest BCUT2D eigenvalue weighted by atomic mass is 79.9. The molecule has 1 heterocycles. The van der Waals surface area contributed by atoms with Gasteiger partial charge in [0.05, 0.1) is 16.0 Å². The minimum Gasteiger partial charge on any atom is -0.394 e. The third-order valence-electron chi connectivity index (χ3n) is 5.12. The SMILES string of the molecule is C[C@H](CO)Nc1nc(Nc2cc(C3CC3)c(S(N)(=O)=O)c(C3CC3)c2)ncc1Br. The molecule has 8 nitrogen and oxygen atoms in total. The molecule has 2 aliphatic rings. The number of nitrogens with zero attached hydrogens (tertiary/aromatic N) is 2. The van der Waals surface area contributed by atoms with E-state index in [4.69, 9.17) is 5.14 Å². The number of nitrogens with two attached hydrogens (primary N) is 1. The smallest absolute Gasteiger partial charge is 0.238 e. The second-order valence-electron chi connectivity index (χ2n) is 7.82. The number of primary sulfonamides is 1. The largest absolute Gasteiger partial charge is 0.394 e. The Morgan fingerprint density at radius 3 is 2.31 bits per heavy atom. The molecule has 156 valence electrons. The molecule has 0 aliphatic heterocycles. The second-order valence-corrected chi connectivity index (χ2v) is 10.2. The van der Waals surface area contributed by atoms with Crippen LogP contribution in [-0.4, -0.2) is 36.1 Å². The summed E-state index contributed by atoms with van der Waals surface area (Å²) in [6, 6.07) is 3.56. The van der Waals surface area contributed by atoms with Gasteiger partial charge in [-0.1, -0.05) is 0 Å². The molecule has 0 unspecified atom stereocenters. The highest BCUT2D eigenvalue weighted by Gasteiger charge is 2.36. The highest BCUT2D eigenvalue weighted by molar-refractivity contribution is 9.10. The first-order valence-corrected chi connectivity index (χ1v) is 12.0. The lowest BCUT2D eigenvalue weighted by molar-refractivity contribution is 0.281. The van der Waals surface area contributed by atoms with E-state index in [1.165, 1.54) is 0 Å². The zero-order valence-electron chi connectivity index (χ0n) is 16.0. The van der Waals surface area contributed by atoms with Crippen molar-refractivity contribution in [3.05, 3.63) is 33.9 Å². The fourth-order valence-electron chi connectivity index (χ4n) is 3.41. The Labute approximate surface area is 178 Å². The maximum Gasteiger partial charge on any atom is 0.238 e. The quantitative estimate of drug-likeness (QED) is 0.455. The summed E-state index contributed by atoms with van der Waals surface area (Å²) in [5.74, 6) is 1.41. The average Bonchev–Trinajstić information content (AvgIpc) is 3.55. The maximum absolute atomic E-state index is 12.3. The second kappa shape index (κ2) is 7.82. The van der Waals surface area contributed by atoms with Gasteiger partial charge in [0.15, 0.2) is 0 Å². The van der Waals surface area contributed by atoms with Crippen LogP contribution in [0.15, 0.2) is 27.7 Å². The Hall–Kier alpha value is -1.75. The van der Waals surface area contributed by atoms with Crippen LogP contribution in [0.1, 0.15) is 55.6 Å². The van der Waals surface area contributed by atoms with E-state index in [0.29, 0.717) is 21.1 Å². The lowest BCUT2D eigenvalue weighted by Crippen LogP contribution is -2.20. The minimum absolute atomic E-state index is 0.0241. The first-order chi connectivity index (χ1) is 13.8. The molecule has 0 bridgehead atoms. The van der Waals surface area contributed by atoms with Gasteiger partial charge in [-0.05, 0) is 83.6 Å². The zero-order chi connectivity index (χ0) is 20.8. The lowest BCUT2D eigenvalue weighted by Gasteiger charge is -2.17. The summed E-state index contributed by atoms with van der Waals surface area (Å²) in [5.41, 5.74) is 2.34. The van der Waals surface area contributed by atoms with Crippen molar-refractivity contribution in [2.75, 3.05) is 17.2 Å². The Balaban J connectivity index is 1.70. The molecule has 4 rings (SSSR count). The summed E-state index contributed by atoms with van der Waals surface area (Å²) in [4.78, 5) is 9.09. The number of aromatic nitrogens is 2. The number of rotatable bonds is 8. The van der Waals surface area contributed by atoms with Gasteiger partial charge in [0.2, 0.25) is 16.0 Å². The van der Waals surface area contributed by atoms with Gasteiger partial charge in [0, 0.05) is 17.9 Å². The molecule has 2 fully saturated rings. The van der Waals surface area contributed by atoms with Crippen molar-refractivity contribution in [3.8, 4) is 0 Å². The first kappa shape index (κ1) is 20.5. The summed E-state index contributed by atoms with van der Waals surface area (Å²) in [6.45, 7) is 1.82. The van der Waals surface area contributed by atoms with Crippen LogP contribution in [0.4, 0.5) is 17.5 Å². The molecular formula is C19H24BrN5O3S. The van der Waals surface area contributed by atoms with E-state index in [2.05, 4.69) is 36.5 Å². The molecule has 1 aromatic carbocycles. The van der Waals surface area contributed by atoms with E-state index in [1.807, 2.05) is 19.1 Å². The summed E-state index contributed by atoms with van der Waals surface area (Å²) >= 11 is 3.41. The Morgan fingerprint density at radius 1 is 1.24 bits per heavy atom. The topological polar surface area (TPSA) is 130 Å². The van der Waals surface area contributed by atoms with Gasteiger partial charge in [0.25, 0.3) is 0 Å². The van der Waals surface area contributed by atoms with Gasteiger partial charge >= 0.3 is 0 Å². The van der Waals surface area contributed by atoms with E-state index < -0.39 is 10.0 Å². The number of aliphatic hydroxyl groups excluding tert-OH is 1. The van der Waals surface area contributed by atoms with Crippen LogP contribution in [0, 0.1) is 0 Å². The van der Waals surface area contributed by atoms with E-state index in [1.54, 1.807) is 6.20 Å². The fraction of sp³-hybridized carbons (Fsp3) is 0.474. The molecule has 2 aliphatic carbocycles. The molecule has 10 heteroatoms. The monoisotopic (exact) mass is 481 g/mol. The number of halogens is 1. The van der Waals surface area contributed by atoms with Gasteiger partial charge in [-0.3, -0.25) is 0 Å². The van der Waals surface area contributed by atoms with E-state index in [9.17, 15) is 13.5 Å². The van der Waals surface area contributed by atoms with E-state index in [0.717, 1.165) is 42.5 Å². The van der Waals surface area contributed by atoms with Crippen LogP contribution in [0.5, 0.6) is 0 Å². The molecule has 5 N–H and O–H groups in total. The first-order valence-electron chi connectivity index (χ1n) is 9.64. The lowest BCUT2D eigenvalue weighted by atomic mass is 10.0. The number of hydrogen-bond acceptors (Lipinski definition) is 7. The standard InChI is InChI=1S/C19H24BrN5O3S/c1-10(9-26)23-18-16(20)8-22-19(25-18)24-13-6-14(11-2-3-11)17(29(21,27)28)15(7-13)12-4-5-12/h6-8,10-12,26H,2-5,9H2,1H3,(H2,21,27,28)(H2,22,23,24,25)/t10-/m1/s1. The van der Waals surface area contributed by atoms with Crippen LogP contribution in [0.3, 0.4) is 0 Å². The molecule has 2 aromatic rings. The van der Waals surface area contributed by atoms with Crippen LogP contribution < -0.4 is 15.8 Å². The van der Waals surface area contributed by atoms with Crippen molar-refractivity contribution in [1.29, 1.82) is 0 Å². The van der Waals surface area contributed by atoms with Gasteiger partial charge in [-0.25, -0.2) is 18.5 Å². The van der Waals surface area contributed by atoms with Crippen molar-refractivity contribution < 1.29 is 13.5 Å². The highest BCUT2D eigenvalue weighted by Crippen LogP contribution is 2.50. The van der Waals surface area contributed by atoms with Gasteiger partial charge in [0.1, 0.15) is 5.82 Å². The van der Waals surface area contributed by atoms with Gasteiger partial charge in [-0.2, -0.15) is 4.98 Å². The number of hydrogen-bond donors (Lipinski definition) is 4. The van der Waals surface area contributed by atoms with Crippen LogP contribution >= 0.6 is 15.9 Å². The van der Waals surface area contributed by atoms with Gasteiger partial charge in [-0.15, -0.1) is 0 Å². The minimum atomic E-state index is -3.79. The van der Waals surface area contributed by atoms with Crippen molar-refractivity contribution in [2.45, 2.75) is 55.4 Å². The molecule has 0 radical (unpaired) electrons. The van der Waals surface area contributed by atoms with Crippen LogP contribution in [0.2, 0.25) is 0 Å². The number of sulfonamides is 1. The molecule has 2 saturated carbocycles. The molecule has 1 aromatic heterocycles.